The van der Waals surface area contributed by atoms with E-state index in [1.807, 2.05) is 0 Å². The average Bonchev–Trinajstić information content (AvgIpc) is 2.93. The van der Waals surface area contributed by atoms with Gasteiger partial charge in [0.2, 0.25) is 5.91 Å². The lowest BCUT2D eigenvalue weighted by Gasteiger charge is -2.48. The van der Waals surface area contributed by atoms with E-state index in [0.29, 0.717) is 12.8 Å². The van der Waals surface area contributed by atoms with Crippen molar-refractivity contribution in [2.45, 2.75) is 111 Å². The number of nitrogens with two attached hydrogens (primary N) is 5. The third-order valence-corrected chi connectivity index (χ3v) is 7.55. The van der Waals surface area contributed by atoms with Gasteiger partial charge in [-0.25, -0.2) is 0 Å². The third kappa shape index (κ3) is 7.55. The minimum Gasteiger partial charge on any atom is -0.394 e. The lowest BCUT2D eigenvalue weighted by Crippen LogP contribution is -2.69. The molecule has 2 aliphatic heterocycles. The smallest absolute Gasteiger partial charge is 0.249 e. The maximum absolute atomic E-state index is 12.6. The second kappa shape index (κ2) is 14.9. The van der Waals surface area contributed by atoms with Crippen molar-refractivity contribution in [2.75, 3.05) is 19.7 Å². The number of hydrogen-bond donors (Lipinski definition) is 10. The van der Waals surface area contributed by atoms with Gasteiger partial charge in [-0.05, 0) is 37.8 Å². The Hall–Kier alpha value is -1.74. The molecule has 3 aliphatic rings. The summed E-state index contributed by atoms with van der Waals surface area (Å²) in [6.07, 6.45) is -9.59. The Morgan fingerprint density at radius 2 is 1.77 bits per heavy atom. The van der Waals surface area contributed by atoms with Gasteiger partial charge in [0.25, 0.3) is 0 Å². The molecule has 1 aliphatic carbocycles. The van der Waals surface area contributed by atoms with Crippen LogP contribution in [0.5, 0.6) is 0 Å². The normalized spacial score (nSPS) is 43.0. The van der Waals surface area contributed by atoms with Gasteiger partial charge in [-0.2, -0.15) is 0 Å². The molecular weight excluding hydrogens is 534 g/mol. The van der Waals surface area contributed by atoms with Crippen molar-refractivity contribution in [2.24, 2.45) is 33.8 Å². The predicted molar refractivity (Wildman–Crippen MR) is 138 cm³/mol. The van der Waals surface area contributed by atoms with Crippen LogP contribution in [0, 0.1) is 0 Å². The molecule has 15 N–H and O–H groups in total. The van der Waals surface area contributed by atoms with Crippen LogP contribution in [0.2, 0.25) is 0 Å². The summed E-state index contributed by atoms with van der Waals surface area (Å²) >= 11 is 0. The molecule has 230 valence electrons. The molecule has 0 spiro atoms. The van der Waals surface area contributed by atoms with E-state index in [9.17, 15) is 25.2 Å². The fourth-order valence-corrected chi connectivity index (χ4v) is 5.23. The van der Waals surface area contributed by atoms with E-state index in [2.05, 4.69) is 15.3 Å². The molecule has 18 nitrogen and oxygen atoms in total. The highest BCUT2D eigenvalue weighted by molar-refractivity contribution is 5.80. The zero-order valence-electron chi connectivity index (χ0n) is 22.1. The SMILES string of the molecule is [N-]=[N+]=NC1[C@@H](CO)O[C@H](O[C@@H]2[C@@H](O)[C@H](O[C@H]3O[C@H](CN)CC[C@H]3N)[C@@H](N)C[C@H]2NC(=O)[C@@H](O)CCN)[C@H](O)[C@H]1N. The minimum absolute atomic E-state index is 0.00933. The molecule has 14 atom stereocenters. The lowest BCUT2D eigenvalue weighted by molar-refractivity contribution is -0.303. The molecular formula is C22H43N9O9. The fourth-order valence-electron chi connectivity index (χ4n) is 5.23. The highest BCUT2D eigenvalue weighted by Gasteiger charge is 2.51. The van der Waals surface area contributed by atoms with Crippen molar-refractivity contribution >= 4 is 5.91 Å². The predicted octanol–water partition coefficient (Wildman–Crippen LogP) is -5.08. The topological polar surface area (TPSA) is 326 Å². The van der Waals surface area contributed by atoms with Gasteiger partial charge in [0.05, 0.1) is 36.9 Å². The Bertz CT molecular complexity index is 870. The van der Waals surface area contributed by atoms with Gasteiger partial charge in [-0.3, -0.25) is 4.79 Å². The summed E-state index contributed by atoms with van der Waals surface area (Å²) in [6.45, 7) is -0.313. The Balaban J connectivity index is 1.84. The summed E-state index contributed by atoms with van der Waals surface area (Å²) in [5, 5.41) is 48.2. The average molecular weight is 578 g/mol. The molecule has 0 radical (unpaired) electrons. The van der Waals surface area contributed by atoms with E-state index in [-0.39, 0.29) is 32.0 Å². The molecule has 3 rings (SSSR count). The number of aliphatic hydroxyl groups excluding tert-OH is 4. The minimum atomic E-state index is -1.56. The number of aliphatic hydroxyl groups is 4. The first-order valence-corrected chi connectivity index (χ1v) is 13.3. The number of azide groups is 1. The van der Waals surface area contributed by atoms with E-state index in [0.717, 1.165) is 0 Å². The second-order valence-electron chi connectivity index (χ2n) is 10.4. The van der Waals surface area contributed by atoms with Crippen LogP contribution in [0.25, 0.3) is 10.4 Å². The zero-order chi connectivity index (χ0) is 29.6. The van der Waals surface area contributed by atoms with E-state index >= 15 is 0 Å². The fraction of sp³-hybridized carbons (Fsp3) is 0.955. The molecule has 0 aromatic carbocycles. The van der Waals surface area contributed by atoms with E-state index in [1.165, 1.54) is 0 Å². The van der Waals surface area contributed by atoms with Crippen molar-refractivity contribution in [1.29, 1.82) is 0 Å². The molecule has 0 bridgehead atoms. The molecule has 2 heterocycles. The highest BCUT2D eigenvalue weighted by Crippen LogP contribution is 2.32. The molecule has 18 heteroatoms. The quantitative estimate of drug-likeness (QED) is 0.0624. The number of rotatable bonds is 11. The van der Waals surface area contributed by atoms with Gasteiger partial charge >= 0.3 is 0 Å². The highest BCUT2D eigenvalue weighted by atomic mass is 16.7. The number of hydrogen-bond acceptors (Lipinski definition) is 15. The van der Waals surface area contributed by atoms with Crippen LogP contribution in [0.15, 0.2) is 5.11 Å². The third-order valence-electron chi connectivity index (χ3n) is 7.55. The van der Waals surface area contributed by atoms with Gasteiger partial charge in [0.15, 0.2) is 12.6 Å². The summed E-state index contributed by atoms with van der Waals surface area (Å²) in [5.41, 5.74) is 38.6. The number of amides is 1. The van der Waals surface area contributed by atoms with E-state index < -0.39 is 91.9 Å². The summed E-state index contributed by atoms with van der Waals surface area (Å²) in [6, 6.07) is -4.65. The van der Waals surface area contributed by atoms with Crippen LogP contribution in [-0.4, -0.2) is 132 Å². The first kappa shape index (κ1) is 32.8. The van der Waals surface area contributed by atoms with E-state index in [4.69, 9.17) is 53.1 Å². The Morgan fingerprint density at radius 1 is 1.07 bits per heavy atom. The van der Waals surface area contributed by atoms with Gasteiger partial charge in [-0.15, -0.1) is 0 Å². The van der Waals surface area contributed by atoms with Gasteiger partial charge in [0, 0.05) is 23.5 Å². The van der Waals surface area contributed by atoms with Crippen molar-refractivity contribution in [3.05, 3.63) is 10.4 Å². The van der Waals surface area contributed by atoms with Crippen LogP contribution in [-0.2, 0) is 23.7 Å². The van der Waals surface area contributed by atoms with Crippen LogP contribution >= 0.6 is 0 Å². The van der Waals surface area contributed by atoms with Gasteiger partial charge in [-0.1, -0.05) is 5.11 Å². The Morgan fingerprint density at radius 3 is 2.40 bits per heavy atom. The van der Waals surface area contributed by atoms with Crippen molar-refractivity contribution in [1.82, 2.24) is 5.32 Å². The van der Waals surface area contributed by atoms with Crippen LogP contribution in [0.3, 0.4) is 0 Å². The van der Waals surface area contributed by atoms with Crippen molar-refractivity contribution < 1.29 is 44.2 Å². The molecule has 0 aromatic rings. The first-order valence-electron chi connectivity index (χ1n) is 13.3. The number of carbonyl (C=O) groups is 1. The Kier molecular flexibility index (Phi) is 12.2. The van der Waals surface area contributed by atoms with Crippen molar-refractivity contribution in [3.8, 4) is 0 Å². The summed E-state index contributed by atoms with van der Waals surface area (Å²) in [4.78, 5) is 15.3. The van der Waals surface area contributed by atoms with Gasteiger partial charge < -0.3 is 73.4 Å². The number of carbonyl (C=O) groups excluding carboxylic acids is 1. The zero-order valence-corrected chi connectivity index (χ0v) is 22.1. The number of nitrogens with one attached hydrogen (secondary N) is 1. The second-order valence-corrected chi connectivity index (χ2v) is 10.4. The van der Waals surface area contributed by atoms with Crippen molar-refractivity contribution in [3.63, 3.8) is 0 Å². The summed E-state index contributed by atoms with van der Waals surface area (Å²) in [5.74, 6) is -0.773. The monoisotopic (exact) mass is 577 g/mol. The maximum atomic E-state index is 12.6. The molecule has 1 unspecified atom stereocenters. The number of nitrogens with zero attached hydrogens (tertiary/aromatic N) is 3. The van der Waals surface area contributed by atoms with Crippen LogP contribution < -0.4 is 34.0 Å². The largest absolute Gasteiger partial charge is 0.394 e. The molecule has 2 saturated heterocycles. The molecule has 40 heavy (non-hydrogen) atoms. The Labute approximate surface area is 231 Å². The summed E-state index contributed by atoms with van der Waals surface area (Å²) in [7, 11) is 0. The molecule has 0 aromatic heterocycles. The van der Waals surface area contributed by atoms with E-state index in [1.54, 1.807) is 0 Å². The standard InChI is InChI=1S/C22H43N9O9/c23-4-3-12(33)20(36)29-11-5-10(26)18(39-21-9(25)2-1-8(6-24)37-21)17(35)19(11)40-22-16(34)14(27)15(30-31-28)13(7-32)38-22/h8-19,21-22,32-35H,1-7,23-27H2,(H,29,36)/t8-,9+,10-,11+,12-,13+,14-,15?,16+,17-,18+,19-,21+,22+/m0/s1. The molecule has 3 fully saturated rings. The van der Waals surface area contributed by atoms with Crippen LogP contribution in [0.4, 0.5) is 0 Å². The lowest BCUT2D eigenvalue weighted by atomic mass is 9.83. The first-order chi connectivity index (χ1) is 19.1. The number of ether oxygens (including phenoxy) is 4. The van der Waals surface area contributed by atoms with Crippen LogP contribution in [0.1, 0.15) is 25.7 Å². The van der Waals surface area contributed by atoms with Gasteiger partial charge in [0.1, 0.15) is 30.5 Å². The summed E-state index contributed by atoms with van der Waals surface area (Å²) < 4.78 is 23.5. The maximum Gasteiger partial charge on any atom is 0.249 e. The molecule has 1 amide bonds. The molecule has 1 saturated carbocycles.